The van der Waals surface area contributed by atoms with E-state index in [-0.39, 0.29) is 12.4 Å². The fourth-order valence-corrected chi connectivity index (χ4v) is 4.63. The first-order valence-corrected chi connectivity index (χ1v) is 11.5. The molecule has 3 unspecified atom stereocenters. The summed E-state index contributed by atoms with van der Waals surface area (Å²) in [5.41, 5.74) is 0.424. The summed E-state index contributed by atoms with van der Waals surface area (Å²) in [5, 5.41) is 4.84. The van der Waals surface area contributed by atoms with Crippen LogP contribution in [0.4, 0.5) is 0 Å². The van der Waals surface area contributed by atoms with Gasteiger partial charge >= 0.3 is 13.7 Å². The molecule has 0 bridgehead atoms. The van der Waals surface area contributed by atoms with Crippen LogP contribution in [0.25, 0.3) is 0 Å². The fraction of sp³-hybridized carbons (Fsp3) is 0.381. The minimum absolute atomic E-state index is 0.173. The van der Waals surface area contributed by atoms with Crippen LogP contribution < -0.4 is 14.9 Å². The van der Waals surface area contributed by atoms with E-state index >= 15 is 0 Å². The van der Waals surface area contributed by atoms with Gasteiger partial charge in [0.05, 0.1) is 25.7 Å². The SMILES string of the molecule is COC(=O)C(C)NP(=O)(OC[C@@H]1C=C[C@H](C2C=C(C)C(=O)NC2=O)O1)Oc1ccccc1. The maximum absolute atomic E-state index is 13.3. The van der Waals surface area contributed by atoms with Crippen LogP contribution >= 0.6 is 7.75 Å². The summed E-state index contributed by atoms with van der Waals surface area (Å²) in [7, 11) is -2.78. The predicted octanol–water partition coefficient (Wildman–Crippen LogP) is 1.88. The zero-order valence-electron chi connectivity index (χ0n) is 17.8. The number of amides is 2. The molecule has 0 aromatic heterocycles. The monoisotopic (exact) mass is 464 g/mol. The van der Waals surface area contributed by atoms with Crippen LogP contribution in [0.1, 0.15) is 13.8 Å². The van der Waals surface area contributed by atoms with Crippen LogP contribution in [0.5, 0.6) is 5.75 Å². The van der Waals surface area contributed by atoms with Gasteiger partial charge < -0.3 is 14.0 Å². The van der Waals surface area contributed by atoms with Gasteiger partial charge in [-0.05, 0) is 26.0 Å². The van der Waals surface area contributed by atoms with Gasteiger partial charge in [-0.1, -0.05) is 36.4 Å². The molecule has 0 aliphatic carbocycles. The second-order valence-electron chi connectivity index (χ2n) is 7.29. The minimum Gasteiger partial charge on any atom is -0.468 e. The smallest absolute Gasteiger partial charge is 0.459 e. The fourth-order valence-electron chi connectivity index (χ4n) is 3.13. The van der Waals surface area contributed by atoms with Gasteiger partial charge in [-0.2, -0.15) is 5.09 Å². The number of rotatable bonds is 9. The number of carbonyl (C=O) groups is 3. The van der Waals surface area contributed by atoms with Gasteiger partial charge in [0, 0.05) is 5.57 Å². The van der Waals surface area contributed by atoms with Crippen molar-refractivity contribution in [2.75, 3.05) is 13.7 Å². The Balaban J connectivity index is 1.65. The number of para-hydroxylation sites is 1. The Hall–Kier alpha value is -2.78. The first-order chi connectivity index (χ1) is 15.2. The predicted molar refractivity (Wildman–Crippen MR) is 113 cm³/mol. The highest BCUT2D eigenvalue weighted by Gasteiger charge is 2.37. The zero-order valence-corrected chi connectivity index (χ0v) is 18.7. The number of imide groups is 1. The molecule has 10 nitrogen and oxygen atoms in total. The van der Waals surface area contributed by atoms with Crippen molar-refractivity contribution in [1.29, 1.82) is 0 Å². The van der Waals surface area contributed by atoms with Crippen molar-refractivity contribution < 1.29 is 37.5 Å². The molecule has 3 rings (SSSR count). The van der Waals surface area contributed by atoms with Crippen LogP contribution in [0.15, 0.2) is 54.1 Å². The van der Waals surface area contributed by atoms with E-state index in [0.717, 1.165) is 0 Å². The van der Waals surface area contributed by atoms with Crippen LogP contribution in [0, 0.1) is 5.92 Å². The van der Waals surface area contributed by atoms with E-state index in [1.165, 1.54) is 14.0 Å². The van der Waals surface area contributed by atoms with Gasteiger partial charge in [0.15, 0.2) is 0 Å². The first-order valence-electron chi connectivity index (χ1n) is 9.93. The highest BCUT2D eigenvalue weighted by molar-refractivity contribution is 7.52. The summed E-state index contributed by atoms with van der Waals surface area (Å²) in [6.07, 6.45) is 3.69. The number of esters is 1. The molecule has 2 N–H and O–H groups in total. The molecule has 2 aliphatic heterocycles. The van der Waals surface area contributed by atoms with Crippen LogP contribution in [-0.4, -0.2) is 49.8 Å². The highest BCUT2D eigenvalue weighted by Crippen LogP contribution is 2.45. The van der Waals surface area contributed by atoms with Crippen LogP contribution in [0.2, 0.25) is 0 Å². The normalized spacial score (nSPS) is 25.5. The summed E-state index contributed by atoms with van der Waals surface area (Å²) in [4.78, 5) is 35.5. The van der Waals surface area contributed by atoms with Crippen molar-refractivity contribution in [2.24, 2.45) is 5.92 Å². The highest BCUT2D eigenvalue weighted by atomic mass is 31.2. The van der Waals surface area contributed by atoms with E-state index in [0.29, 0.717) is 5.57 Å². The van der Waals surface area contributed by atoms with Gasteiger partial charge in [0.2, 0.25) is 5.91 Å². The summed E-state index contributed by atoms with van der Waals surface area (Å²) < 4.78 is 34.9. The van der Waals surface area contributed by atoms with Gasteiger partial charge in [-0.3, -0.25) is 24.2 Å². The average molecular weight is 464 g/mol. The zero-order chi connectivity index (χ0) is 23.3. The molecule has 2 amide bonds. The lowest BCUT2D eigenvalue weighted by Gasteiger charge is -2.25. The van der Waals surface area contributed by atoms with E-state index in [4.69, 9.17) is 13.8 Å². The molecule has 172 valence electrons. The third-order valence-corrected chi connectivity index (χ3v) is 6.46. The second kappa shape index (κ2) is 10.2. The lowest BCUT2D eigenvalue weighted by molar-refractivity contribution is -0.142. The van der Waals surface area contributed by atoms with E-state index in [2.05, 4.69) is 15.1 Å². The minimum atomic E-state index is -4.00. The van der Waals surface area contributed by atoms with Crippen LogP contribution in [0.3, 0.4) is 0 Å². The standard InChI is InChI=1S/C21H25N2O8P/c1-13-11-17(20(25)22-19(13)24)18-10-9-16(30-18)12-29-32(27,23-14(2)21(26)28-3)31-15-7-5-4-6-8-15/h4-11,14,16-18H,12H2,1-3H3,(H,23,27)(H,22,24,25)/t14?,16-,17?,18+,32?/m0/s1. The molecule has 0 saturated carbocycles. The van der Waals surface area contributed by atoms with Crippen molar-refractivity contribution in [3.05, 3.63) is 54.1 Å². The number of ether oxygens (including phenoxy) is 2. The Bertz CT molecular complexity index is 977. The van der Waals surface area contributed by atoms with Gasteiger partial charge in [0.25, 0.3) is 5.91 Å². The largest absolute Gasteiger partial charge is 0.468 e. The summed E-state index contributed by atoms with van der Waals surface area (Å²) in [6, 6.07) is 7.41. The molecule has 0 fully saturated rings. The number of methoxy groups -OCH3 is 1. The molecule has 5 atom stereocenters. The maximum Gasteiger partial charge on any atom is 0.459 e. The average Bonchev–Trinajstić information content (AvgIpc) is 3.23. The van der Waals surface area contributed by atoms with Crippen molar-refractivity contribution >= 4 is 25.5 Å². The Labute approximate surface area is 185 Å². The van der Waals surface area contributed by atoms with E-state index in [9.17, 15) is 18.9 Å². The summed E-state index contributed by atoms with van der Waals surface area (Å²) in [6.45, 7) is 2.91. The third kappa shape index (κ3) is 5.92. The van der Waals surface area contributed by atoms with Crippen molar-refractivity contribution in [3.8, 4) is 5.75 Å². The Kier molecular flexibility index (Phi) is 7.63. The van der Waals surface area contributed by atoms with Crippen molar-refractivity contribution in [2.45, 2.75) is 32.1 Å². The number of carbonyl (C=O) groups excluding carboxylic acids is 3. The van der Waals surface area contributed by atoms with Gasteiger partial charge in [0.1, 0.15) is 17.9 Å². The Morgan fingerprint density at radius 1 is 1.25 bits per heavy atom. The first kappa shape index (κ1) is 23.9. The van der Waals surface area contributed by atoms with E-state index in [1.807, 2.05) is 0 Å². The Morgan fingerprint density at radius 3 is 2.66 bits per heavy atom. The Morgan fingerprint density at radius 2 is 1.97 bits per heavy atom. The summed E-state index contributed by atoms with van der Waals surface area (Å²) in [5.74, 6) is -1.91. The topological polar surface area (TPSA) is 129 Å². The molecular formula is C21H25N2O8P. The van der Waals surface area contributed by atoms with Crippen molar-refractivity contribution in [1.82, 2.24) is 10.4 Å². The van der Waals surface area contributed by atoms with E-state index in [1.54, 1.807) is 55.5 Å². The molecule has 0 radical (unpaired) electrons. The van der Waals surface area contributed by atoms with E-state index < -0.39 is 49.7 Å². The molecule has 0 spiro atoms. The molecule has 2 aliphatic rings. The number of hydrogen-bond donors (Lipinski definition) is 2. The van der Waals surface area contributed by atoms with Crippen LogP contribution in [-0.2, 0) is 32.9 Å². The summed E-state index contributed by atoms with van der Waals surface area (Å²) >= 11 is 0. The van der Waals surface area contributed by atoms with Crippen molar-refractivity contribution in [3.63, 3.8) is 0 Å². The molecular weight excluding hydrogens is 439 g/mol. The number of nitrogens with one attached hydrogen (secondary N) is 2. The number of hydrogen-bond acceptors (Lipinski definition) is 8. The number of benzene rings is 1. The van der Waals surface area contributed by atoms with Gasteiger partial charge in [-0.15, -0.1) is 0 Å². The molecule has 0 saturated heterocycles. The maximum atomic E-state index is 13.3. The quantitative estimate of drug-likeness (QED) is 0.244. The molecule has 11 heteroatoms. The molecule has 32 heavy (non-hydrogen) atoms. The van der Waals surface area contributed by atoms with Gasteiger partial charge in [-0.25, -0.2) is 4.57 Å². The third-order valence-electron chi connectivity index (χ3n) is 4.81. The molecule has 1 aromatic carbocycles. The molecule has 1 aromatic rings. The molecule has 2 heterocycles. The lowest BCUT2D eigenvalue weighted by Crippen LogP contribution is -2.44. The lowest BCUT2D eigenvalue weighted by atomic mass is 9.95. The second-order valence-corrected chi connectivity index (χ2v) is 8.98.